The number of urea groups is 1. The molecular weight excluding hydrogens is 434 g/mol. The van der Waals surface area contributed by atoms with E-state index >= 15 is 0 Å². The van der Waals surface area contributed by atoms with E-state index in [1.54, 1.807) is 77.7 Å². The molecule has 0 saturated carbocycles. The van der Waals surface area contributed by atoms with E-state index in [-0.39, 0.29) is 11.9 Å². The second-order valence-electron chi connectivity index (χ2n) is 6.96. The molecule has 0 aromatic heterocycles. The van der Waals surface area contributed by atoms with Crippen LogP contribution in [0.4, 0.5) is 36.3 Å². The van der Waals surface area contributed by atoms with Crippen LogP contribution in [0.1, 0.15) is 10.4 Å². The molecule has 3 amide bonds. The van der Waals surface area contributed by atoms with Crippen LogP contribution in [0.2, 0.25) is 0 Å². The second kappa shape index (κ2) is 9.69. The SMILES string of the molecule is O=C(Nc1ccc(N2CCNC2=O)cc1)c1ccccc1Nc1ccc(SC(F)F)cc1. The molecule has 0 bridgehead atoms. The van der Waals surface area contributed by atoms with Gasteiger partial charge in [0.1, 0.15) is 0 Å². The fraction of sp³-hybridized carbons (Fsp3) is 0.130. The molecule has 3 aromatic rings. The Hall–Kier alpha value is -3.59. The number of hydrogen-bond acceptors (Lipinski definition) is 4. The Balaban J connectivity index is 1.45. The van der Waals surface area contributed by atoms with Crippen molar-refractivity contribution < 1.29 is 18.4 Å². The smallest absolute Gasteiger partial charge is 0.321 e. The van der Waals surface area contributed by atoms with Crippen molar-refractivity contribution in [1.29, 1.82) is 0 Å². The Bertz CT molecular complexity index is 1110. The first-order chi connectivity index (χ1) is 15.5. The summed E-state index contributed by atoms with van der Waals surface area (Å²) in [6.45, 7) is 1.21. The maximum absolute atomic E-state index is 12.9. The molecule has 164 valence electrons. The average Bonchev–Trinajstić information content (AvgIpc) is 3.21. The number of para-hydroxylation sites is 1. The molecule has 6 nitrogen and oxygen atoms in total. The molecule has 1 saturated heterocycles. The fourth-order valence-electron chi connectivity index (χ4n) is 3.31. The van der Waals surface area contributed by atoms with E-state index < -0.39 is 5.76 Å². The molecule has 0 spiro atoms. The number of anilines is 4. The first-order valence-corrected chi connectivity index (χ1v) is 10.8. The number of carbonyl (C=O) groups excluding carboxylic acids is 2. The zero-order chi connectivity index (χ0) is 22.5. The summed E-state index contributed by atoms with van der Waals surface area (Å²) in [4.78, 5) is 26.8. The highest BCUT2D eigenvalue weighted by atomic mass is 32.2. The maximum atomic E-state index is 12.9. The highest BCUT2D eigenvalue weighted by Gasteiger charge is 2.21. The minimum absolute atomic E-state index is 0.136. The van der Waals surface area contributed by atoms with E-state index in [4.69, 9.17) is 0 Å². The quantitative estimate of drug-likeness (QED) is 0.411. The van der Waals surface area contributed by atoms with Gasteiger partial charge in [-0.1, -0.05) is 23.9 Å². The van der Waals surface area contributed by atoms with Crippen LogP contribution < -0.4 is 20.9 Å². The summed E-state index contributed by atoms with van der Waals surface area (Å²) in [5, 5.41) is 8.77. The minimum atomic E-state index is -2.47. The van der Waals surface area contributed by atoms with E-state index in [1.807, 2.05) is 0 Å². The number of hydrogen-bond donors (Lipinski definition) is 3. The van der Waals surface area contributed by atoms with E-state index in [0.717, 1.165) is 5.69 Å². The molecule has 0 atom stereocenters. The number of nitrogens with zero attached hydrogens (tertiary/aromatic N) is 1. The van der Waals surface area contributed by atoms with Crippen molar-refractivity contribution in [3.63, 3.8) is 0 Å². The molecule has 0 unspecified atom stereocenters. The van der Waals surface area contributed by atoms with Crippen LogP contribution in [0.3, 0.4) is 0 Å². The van der Waals surface area contributed by atoms with Gasteiger partial charge >= 0.3 is 6.03 Å². The van der Waals surface area contributed by atoms with Gasteiger partial charge in [-0.2, -0.15) is 8.78 Å². The van der Waals surface area contributed by atoms with Gasteiger partial charge in [0.2, 0.25) is 0 Å². The van der Waals surface area contributed by atoms with Crippen molar-refractivity contribution in [3.05, 3.63) is 78.4 Å². The third-order valence-electron chi connectivity index (χ3n) is 4.82. The molecule has 0 aliphatic carbocycles. The van der Waals surface area contributed by atoms with Crippen LogP contribution >= 0.6 is 11.8 Å². The van der Waals surface area contributed by atoms with E-state index in [2.05, 4.69) is 16.0 Å². The normalized spacial score (nSPS) is 13.2. The zero-order valence-corrected chi connectivity index (χ0v) is 17.7. The van der Waals surface area contributed by atoms with Gasteiger partial charge in [0, 0.05) is 35.0 Å². The summed E-state index contributed by atoms with van der Waals surface area (Å²) < 4.78 is 25.0. The molecule has 3 aromatic carbocycles. The third-order valence-corrected chi connectivity index (χ3v) is 5.55. The monoisotopic (exact) mass is 454 g/mol. The van der Waals surface area contributed by atoms with Crippen LogP contribution in [0.25, 0.3) is 0 Å². The number of benzene rings is 3. The Morgan fingerprint density at radius 1 is 0.969 bits per heavy atom. The van der Waals surface area contributed by atoms with Gasteiger partial charge in [-0.3, -0.25) is 9.69 Å². The van der Waals surface area contributed by atoms with Crippen molar-refractivity contribution in [2.75, 3.05) is 28.6 Å². The Labute approximate surface area is 188 Å². The van der Waals surface area contributed by atoms with Gasteiger partial charge in [0.15, 0.2) is 0 Å². The van der Waals surface area contributed by atoms with E-state index in [9.17, 15) is 18.4 Å². The molecule has 4 rings (SSSR count). The molecule has 3 N–H and O–H groups in total. The lowest BCUT2D eigenvalue weighted by molar-refractivity contribution is 0.102. The second-order valence-corrected chi connectivity index (χ2v) is 8.02. The summed E-state index contributed by atoms with van der Waals surface area (Å²) in [5.74, 6) is -2.77. The van der Waals surface area contributed by atoms with Crippen molar-refractivity contribution >= 4 is 46.4 Å². The summed E-state index contributed by atoms with van der Waals surface area (Å²) in [6, 6.07) is 20.5. The number of halogens is 2. The Kier molecular flexibility index (Phi) is 6.55. The van der Waals surface area contributed by atoms with Crippen molar-refractivity contribution in [3.8, 4) is 0 Å². The highest BCUT2D eigenvalue weighted by Crippen LogP contribution is 2.28. The number of carbonyl (C=O) groups is 2. The Morgan fingerprint density at radius 2 is 1.66 bits per heavy atom. The molecule has 1 aliphatic rings. The molecule has 32 heavy (non-hydrogen) atoms. The van der Waals surface area contributed by atoms with Crippen molar-refractivity contribution in [1.82, 2.24) is 5.32 Å². The summed E-state index contributed by atoms with van der Waals surface area (Å²) in [7, 11) is 0. The van der Waals surface area contributed by atoms with Gasteiger partial charge < -0.3 is 16.0 Å². The lowest BCUT2D eigenvalue weighted by Gasteiger charge is -2.15. The van der Waals surface area contributed by atoms with E-state index in [1.165, 1.54) is 0 Å². The maximum Gasteiger partial charge on any atom is 0.321 e. The standard InChI is InChI=1S/C23H20F2N4O2S/c24-22(25)32-18-11-7-15(8-12-18)27-20-4-2-1-3-19(20)21(30)28-16-5-9-17(10-6-16)29-14-13-26-23(29)31/h1-12,22,27H,13-14H2,(H,26,31)(H,28,30). The first kappa shape index (κ1) is 21.6. The molecular formula is C23H20F2N4O2S. The zero-order valence-electron chi connectivity index (χ0n) is 16.8. The first-order valence-electron chi connectivity index (χ1n) is 9.87. The van der Waals surface area contributed by atoms with Gasteiger partial charge in [-0.05, 0) is 60.7 Å². The van der Waals surface area contributed by atoms with Crippen LogP contribution in [0.15, 0.2) is 77.7 Å². The summed E-state index contributed by atoms with van der Waals surface area (Å²) in [6.07, 6.45) is 0. The van der Waals surface area contributed by atoms with Crippen LogP contribution in [-0.4, -0.2) is 30.8 Å². The highest BCUT2D eigenvalue weighted by molar-refractivity contribution is 7.99. The van der Waals surface area contributed by atoms with Crippen LogP contribution in [0, 0.1) is 0 Å². The number of alkyl halides is 2. The minimum Gasteiger partial charge on any atom is -0.355 e. The largest absolute Gasteiger partial charge is 0.355 e. The van der Waals surface area contributed by atoms with Gasteiger partial charge in [0.25, 0.3) is 11.7 Å². The number of amides is 3. The lowest BCUT2D eigenvalue weighted by atomic mass is 10.1. The van der Waals surface area contributed by atoms with Crippen LogP contribution in [0.5, 0.6) is 0 Å². The molecule has 1 fully saturated rings. The number of thioether (sulfide) groups is 1. The van der Waals surface area contributed by atoms with Crippen molar-refractivity contribution in [2.45, 2.75) is 10.7 Å². The topological polar surface area (TPSA) is 73.5 Å². The van der Waals surface area contributed by atoms with Crippen molar-refractivity contribution in [2.24, 2.45) is 0 Å². The fourth-order valence-corrected chi connectivity index (χ4v) is 3.81. The molecule has 1 heterocycles. The predicted molar refractivity (Wildman–Crippen MR) is 123 cm³/mol. The molecule has 0 radical (unpaired) electrons. The predicted octanol–water partition coefficient (Wildman–Crippen LogP) is 5.53. The number of rotatable bonds is 7. The van der Waals surface area contributed by atoms with Gasteiger partial charge in [-0.25, -0.2) is 4.79 Å². The molecule has 1 aliphatic heterocycles. The van der Waals surface area contributed by atoms with Gasteiger partial charge in [0.05, 0.1) is 11.3 Å². The van der Waals surface area contributed by atoms with Crippen LogP contribution in [-0.2, 0) is 0 Å². The third kappa shape index (κ3) is 5.17. The Morgan fingerprint density at radius 3 is 2.31 bits per heavy atom. The average molecular weight is 455 g/mol. The summed E-state index contributed by atoms with van der Waals surface area (Å²) >= 11 is 0.481. The van der Waals surface area contributed by atoms with E-state index in [0.29, 0.717) is 52.4 Å². The lowest BCUT2D eigenvalue weighted by Crippen LogP contribution is -2.27. The molecule has 9 heteroatoms. The van der Waals surface area contributed by atoms with Gasteiger partial charge in [-0.15, -0.1) is 0 Å². The summed E-state index contributed by atoms with van der Waals surface area (Å²) in [5.41, 5.74) is 3.05. The number of nitrogens with one attached hydrogen (secondary N) is 3.